The zero-order valence-corrected chi connectivity index (χ0v) is 14.2. The molecule has 7 heteroatoms. The highest BCUT2D eigenvalue weighted by Crippen LogP contribution is 2.22. The van der Waals surface area contributed by atoms with Crippen LogP contribution in [0, 0.1) is 0 Å². The molecule has 1 unspecified atom stereocenters. The number of para-hydroxylation sites is 2. The summed E-state index contributed by atoms with van der Waals surface area (Å²) in [4.78, 5) is 40.4. The van der Waals surface area contributed by atoms with Gasteiger partial charge >= 0.3 is 5.69 Å². The van der Waals surface area contributed by atoms with Gasteiger partial charge in [-0.3, -0.25) is 9.59 Å². The second kappa shape index (κ2) is 6.94. The number of anilines is 1. The fourth-order valence-electron chi connectivity index (χ4n) is 2.72. The maximum Gasteiger partial charge on any atom is 0.329 e. The standard InChI is InChI=1S/C18H16ClN3O3/c1-2-15(16(23)20-14-10-6-4-8-12(14)19)22-17(24)11-7-3-5-9-13(11)21-18(22)25/h3-10,15H,2H2,1H3,(H,20,23)(H,21,25). The summed E-state index contributed by atoms with van der Waals surface area (Å²) < 4.78 is 0.953. The van der Waals surface area contributed by atoms with E-state index >= 15 is 0 Å². The minimum atomic E-state index is -0.947. The van der Waals surface area contributed by atoms with E-state index in [1.54, 1.807) is 55.5 Å². The van der Waals surface area contributed by atoms with Crippen molar-refractivity contribution in [2.24, 2.45) is 0 Å². The molecular formula is C18H16ClN3O3. The molecule has 0 aliphatic rings. The van der Waals surface area contributed by atoms with E-state index in [0.717, 1.165) is 4.57 Å². The topological polar surface area (TPSA) is 84.0 Å². The predicted molar refractivity (Wildman–Crippen MR) is 98.2 cm³/mol. The zero-order valence-electron chi connectivity index (χ0n) is 13.5. The molecule has 2 aromatic carbocycles. The molecule has 6 nitrogen and oxygen atoms in total. The van der Waals surface area contributed by atoms with Crippen LogP contribution in [0.3, 0.4) is 0 Å². The molecule has 1 heterocycles. The number of carbonyl (C=O) groups is 1. The van der Waals surface area contributed by atoms with Crippen LogP contribution in [0.1, 0.15) is 19.4 Å². The van der Waals surface area contributed by atoms with E-state index in [4.69, 9.17) is 11.6 Å². The van der Waals surface area contributed by atoms with Crippen LogP contribution in [-0.2, 0) is 4.79 Å². The van der Waals surface area contributed by atoms with Gasteiger partial charge in [0.2, 0.25) is 5.91 Å². The monoisotopic (exact) mass is 357 g/mol. The molecule has 128 valence electrons. The van der Waals surface area contributed by atoms with Crippen LogP contribution in [0.2, 0.25) is 5.02 Å². The van der Waals surface area contributed by atoms with Crippen LogP contribution in [0.4, 0.5) is 5.69 Å². The van der Waals surface area contributed by atoms with Gasteiger partial charge in [-0.15, -0.1) is 0 Å². The molecule has 0 radical (unpaired) electrons. The second-order valence-corrected chi connectivity index (χ2v) is 5.95. The fraction of sp³-hybridized carbons (Fsp3) is 0.167. The molecule has 0 fully saturated rings. The number of halogens is 1. The second-order valence-electron chi connectivity index (χ2n) is 5.54. The molecular weight excluding hydrogens is 342 g/mol. The van der Waals surface area contributed by atoms with Gasteiger partial charge in [-0.05, 0) is 30.7 Å². The van der Waals surface area contributed by atoms with Crippen molar-refractivity contribution < 1.29 is 4.79 Å². The number of carbonyl (C=O) groups excluding carboxylic acids is 1. The largest absolute Gasteiger partial charge is 0.329 e. The van der Waals surface area contributed by atoms with Gasteiger partial charge in [-0.2, -0.15) is 0 Å². The Morgan fingerprint density at radius 2 is 1.84 bits per heavy atom. The summed E-state index contributed by atoms with van der Waals surface area (Å²) in [6.45, 7) is 1.73. The van der Waals surface area contributed by atoms with E-state index in [1.165, 1.54) is 0 Å². The first kappa shape index (κ1) is 17.0. The minimum absolute atomic E-state index is 0.275. The van der Waals surface area contributed by atoms with Crippen molar-refractivity contribution in [3.63, 3.8) is 0 Å². The first-order valence-corrected chi connectivity index (χ1v) is 8.19. The number of aromatic nitrogens is 2. The SMILES string of the molecule is CCC(C(=O)Nc1ccccc1Cl)n1c(=O)[nH]c2ccccc2c1=O. The van der Waals surface area contributed by atoms with Gasteiger partial charge in [0.15, 0.2) is 0 Å². The number of hydrogen-bond acceptors (Lipinski definition) is 3. The average Bonchev–Trinajstić information content (AvgIpc) is 2.60. The van der Waals surface area contributed by atoms with E-state index in [-0.39, 0.29) is 6.42 Å². The highest BCUT2D eigenvalue weighted by molar-refractivity contribution is 6.33. The number of amides is 1. The van der Waals surface area contributed by atoms with E-state index in [2.05, 4.69) is 10.3 Å². The Morgan fingerprint density at radius 3 is 2.56 bits per heavy atom. The lowest BCUT2D eigenvalue weighted by Crippen LogP contribution is -2.42. The molecule has 0 aliphatic heterocycles. The van der Waals surface area contributed by atoms with Gasteiger partial charge < -0.3 is 10.3 Å². The van der Waals surface area contributed by atoms with Crippen LogP contribution < -0.4 is 16.6 Å². The molecule has 0 aliphatic carbocycles. The highest BCUT2D eigenvalue weighted by Gasteiger charge is 2.23. The van der Waals surface area contributed by atoms with Crippen molar-refractivity contribution in [1.29, 1.82) is 0 Å². The number of rotatable bonds is 4. The molecule has 2 N–H and O–H groups in total. The summed E-state index contributed by atoms with van der Waals surface area (Å²) in [5, 5.41) is 3.41. The molecule has 25 heavy (non-hydrogen) atoms. The van der Waals surface area contributed by atoms with E-state index in [9.17, 15) is 14.4 Å². The van der Waals surface area contributed by atoms with Crippen molar-refractivity contribution in [2.75, 3.05) is 5.32 Å². The lowest BCUT2D eigenvalue weighted by molar-refractivity contribution is -0.119. The normalized spacial score (nSPS) is 12.1. The summed E-state index contributed by atoms with van der Waals surface area (Å²) in [7, 11) is 0. The minimum Gasteiger partial charge on any atom is -0.323 e. The number of H-pyrrole nitrogens is 1. The lowest BCUT2D eigenvalue weighted by Gasteiger charge is -2.18. The quantitative estimate of drug-likeness (QED) is 0.753. The average molecular weight is 358 g/mol. The van der Waals surface area contributed by atoms with Crippen LogP contribution in [-0.4, -0.2) is 15.5 Å². The lowest BCUT2D eigenvalue weighted by atomic mass is 10.1. The number of aromatic amines is 1. The molecule has 1 amide bonds. The predicted octanol–water partition coefficient (Wildman–Crippen LogP) is 2.93. The van der Waals surface area contributed by atoms with Crippen molar-refractivity contribution in [2.45, 2.75) is 19.4 Å². The number of fused-ring (bicyclic) bond motifs is 1. The molecule has 0 saturated heterocycles. The Labute approximate surface area is 148 Å². The zero-order chi connectivity index (χ0) is 18.0. The molecule has 0 saturated carbocycles. The molecule has 1 atom stereocenters. The number of benzene rings is 2. The number of nitrogens with one attached hydrogen (secondary N) is 2. The van der Waals surface area contributed by atoms with Crippen LogP contribution >= 0.6 is 11.6 Å². The van der Waals surface area contributed by atoms with E-state index in [1.807, 2.05) is 0 Å². The highest BCUT2D eigenvalue weighted by atomic mass is 35.5. The Hall–Kier alpha value is -2.86. The summed E-state index contributed by atoms with van der Waals surface area (Å²) in [5.74, 6) is -0.474. The Kier molecular flexibility index (Phi) is 4.72. The maximum atomic E-state index is 12.7. The summed E-state index contributed by atoms with van der Waals surface area (Å²) in [5.41, 5.74) is -0.252. The van der Waals surface area contributed by atoms with Gasteiger partial charge in [0, 0.05) is 0 Å². The Bertz CT molecular complexity index is 1060. The third kappa shape index (κ3) is 3.21. The fourth-order valence-corrected chi connectivity index (χ4v) is 2.91. The summed E-state index contributed by atoms with van der Waals surface area (Å²) >= 11 is 6.05. The van der Waals surface area contributed by atoms with Gasteiger partial charge in [0.25, 0.3) is 5.56 Å². The van der Waals surface area contributed by atoms with Crippen molar-refractivity contribution in [1.82, 2.24) is 9.55 Å². The summed E-state index contributed by atoms with van der Waals surface area (Å²) in [6, 6.07) is 12.5. The van der Waals surface area contributed by atoms with Crippen molar-refractivity contribution in [3.05, 3.63) is 74.4 Å². The third-order valence-electron chi connectivity index (χ3n) is 3.97. The van der Waals surface area contributed by atoms with Gasteiger partial charge in [-0.25, -0.2) is 9.36 Å². The van der Waals surface area contributed by atoms with Gasteiger partial charge in [0.1, 0.15) is 6.04 Å². The maximum absolute atomic E-state index is 12.7. The Morgan fingerprint density at radius 1 is 1.16 bits per heavy atom. The van der Waals surface area contributed by atoms with E-state index in [0.29, 0.717) is 21.6 Å². The van der Waals surface area contributed by atoms with E-state index < -0.39 is 23.2 Å². The molecule has 3 rings (SSSR count). The first-order valence-electron chi connectivity index (χ1n) is 7.82. The summed E-state index contributed by atoms with van der Waals surface area (Å²) in [6.07, 6.45) is 0.275. The van der Waals surface area contributed by atoms with Crippen molar-refractivity contribution in [3.8, 4) is 0 Å². The molecule has 0 bridgehead atoms. The Balaban J connectivity index is 2.05. The van der Waals surface area contributed by atoms with Crippen LogP contribution in [0.15, 0.2) is 58.1 Å². The van der Waals surface area contributed by atoms with Gasteiger partial charge in [-0.1, -0.05) is 42.8 Å². The van der Waals surface area contributed by atoms with Crippen LogP contribution in [0.25, 0.3) is 10.9 Å². The molecule has 1 aromatic heterocycles. The van der Waals surface area contributed by atoms with Crippen molar-refractivity contribution >= 4 is 34.1 Å². The van der Waals surface area contributed by atoms with Gasteiger partial charge in [0.05, 0.1) is 21.6 Å². The molecule has 0 spiro atoms. The number of nitrogens with zero attached hydrogens (tertiary/aromatic N) is 1. The van der Waals surface area contributed by atoms with Crippen LogP contribution in [0.5, 0.6) is 0 Å². The molecule has 3 aromatic rings. The smallest absolute Gasteiger partial charge is 0.323 e. The number of hydrogen-bond donors (Lipinski definition) is 2. The third-order valence-corrected chi connectivity index (χ3v) is 4.30. The first-order chi connectivity index (χ1) is 12.0.